The van der Waals surface area contributed by atoms with Crippen molar-refractivity contribution in [3.05, 3.63) is 155 Å². The first kappa shape index (κ1) is 41.0. The van der Waals surface area contributed by atoms with Crippen molar-refractivity contribution >= 4 is 23.9 Å². The zero-order chi connectivity index (χ0) is 39.0. The number of carbonyl (C=O) groups excluding carboxylic acids is 4. The van der Waals surface area contributed by atoms with Gasteiger partial charge in [0.05, 0.1) is 6.61 Å². The molecule has 0 saturated carbocycles. The van der Waals surface area contributed by atoms with Gasteiger partial charge >= 0.3 is 12.1 Å². The van der Waals surface area contributed by atoms with E-state index in [0.29, 0.717) is 6.42 Å². The number of hydrogen-bond donors (Lipinski definition) is 4. The summed E-state index contributed by atoms with van der Waals surface area (Å²) in [6, 6.07) is 34.7. The Kier molecular flexibility index (Phi) is 15.1. The van der Waals surface area contributed by atoms with Gasteiger partial charge in [-0.05, 0) is 68.4 Å². The van der Waals surface area contributed by atoms with Crippen LogP contribution >= 0.6 is 0 Å². The molecular formula is C44H51N3O7. The van der Waals surface area contributed by atoms with Crippen LogP contribution in [0.15, 0.2) is 127 Å². The maximum absolute atomic E-state index is 14.1. The molecule has 0 heterocycles. The Bertz CT molecular complexity index is 1730. The van der Waals surface area contributed by atoms with Crippen molar-refractivity contribution in [2.24, 2.45) is 0 Å². The van der Waals surface area contributed by atoms with E-state index in [1.807, 2.05) is 115 Å². The highest BCUT2D eigenvalue weighted by atomic mass is 16.6. The first-order valence-electron chi connectivity index (χ1n) is 18.2. The minimum Gasteiger partial charge on any atom is -0.463 e. The normalized spacial score (nSPS) is 12.7. The lowest BCUT2D eigenvalue weighted by molar-refractivity contribution is -0.137. The molecule has 0 saturated heterocycles. The van der Waals surface area contributed by atoms with Gasteiger partial charge in [0.25, 0.3) is 0 Å². The zero-order valence-corrected chi connectivity index (χ0v) is 31.4. The molecule has 0 aliphatic heterocycles. The molecule has 0 bridgehead atoms. The Morgan fingerprint density at radius 1 is 0.741 bits per heavy atom. The van der Waals surface area contributed by atoms with Gasteiger partial charge in [0, 0.05) is 31.6 Å². The number of esters is 1. The Hall–Kier alpha value is -5.74. The van der Waals surface area contributed by atoms with Gasteiger partial charge in [0.15, 0.2) is 0 Å². The highest BCUT2D eigenvalue weighted by Gasteiger charge is 2.38. The van der Waals surface area contributed by atoms with Crippen LogP contribution in [-0.2, 0) is 42.2 Å². The summed E-state index contributed by atoms with van der Waals surface area (Å²) in [6.07, 6.45) is 2.68. The van der Waals surface area contributed by atoms with E-state index in [-0.39, 0.29) is 38.4 Å². The third-order valence-electron chi connectivity index (χ3n) is 8.58. The standard InChI is InChI=1S/C44H51N3O7/c1-5-53-40(50)28-26-37(45-41(51)38(46-42(52)54-43(2,3)4)31-33-23-21-32(22-24-33)29-30-48)25-27-39(49)47-44(34-15-9-6-10-16-34,35-17-11-7-12-18-35)36-19-13-8-14-20-36/h6-24,26,28,37-38,48H,5,25,27,29-31H2,1-4H3,(H,45,51)(H,46,52)(H,47,49)/b28-26+/t37-,38-/m0/s1. The van der Waals surface area contributed by atoms with Gasteiger partial charge in [-0.15, -0.1) is 0 Å². The number of alkyl carbamates (subject to hydrolysis) is 1. The first-order valence-corrected chi connectivity index (χ1v) is 18.2. The second kappa shape index (κ2) is 19.9. The second-order valence-corrected chi connectivity index (χ2v) is 13.9. The van der Waals surface area contributed by atoms with Crippen LogP contribution in [0.3, 0.4) is 0 Å². The molecule has 4 aromatic carbocycles. The number of nitrogens with one attached hydrogen (secondary N) is 3. The number of benzene rings is 4. The number of rotatable bonds is 17. The van der Waals surface area contributed by atoms with Gasteiger partial charge in [-0.25, -0.2) is 9.59 Å². The van der Waals surface area contributed by atoms with Crippen molar-refractivity contribution in [1.29, 1.82) is 0 Å². The summed E-state index contributed by atoms with van der Waals surface area (Å²) in [5, 5.41) is 18.3. The minimum atomic E-state index is -1.06. The lowest BCUT2D eigenvalue weighted by atomic mass is 9.77. The molecule has 54 heavy (non-hydrogen) atoms. The minimum absolute atomic E-state index is 0.00898. The molecular weight excluding hydrogens is 682 g/mol. The maximum atomic E-state index is 14.1. The third kappa shape index (κ3) is 12.2. The molecule has 0 fully saturated rings. The molecule has 3 amide bonds. The molecule has 0 radical (unpaired) electrons. The van der Waals surface area contributed by atoms with Crippen LogP contribution < -0.4 is 16.0 Å². The van der Waals surface area contributed by atoms with Gasteiger partial charge in [-0.2, -0.15) is 0 Å². The molecule has 284 valence electrons. The molecule has 0 aliphatic carbocycles. The van der Waals surface area contributed by atoms with Crippen molar-refractivity contribution in [3.63, 3.8) is 0 Å². The van der Waals surface area contributed by atoms with Gasteiger partial charge in [-0.3, -0.25) is 9.59 Å². The molecule has 4 N–H and O–H groups in total. The van der Waals surface area contributed by atoms with Crippen molar-refractivity contribution < 1.29 is 33.8 Å². The highest BCUT2D eigenvalue weighted by molar-refractivity contribution is 5.87. The Morgan fingerprint density at radius 2 is 1.26 bits per heavy atom. The number of aliphatic hydroxyl groups excluding tert-OH is 1. The van der Waals surface area contributed by atoms with Crippen molar-refractivity contribution in [1.82, 2.24) is 16.0 Å². The van der Waals surface area contributed by atoms with E-state index in [2.05, 4.69) is 16.0 Å². The van der Waals surface area contributed by atoms with E-state index in [1.54, 1.807) is 27.7 Å². The number of hydrogen-bond acceptors (Lipinski definition) is 7. The molecule has 0 aliphatic rings. The average Bonchev–Trinajstić information content (AvgIpc) is 3.16. The van der Waals surface area contributed by atoms with Gasteiger partial charge < -0.3 is 30.5 Å². The predicted molar refractivity (Wildman–Crippen MR) is 208 cm³/mol. The van der Waals surface area contributed by atoms with Gasteiger partial charge in [0.1, 0.15) is 17.2 Å². The molecule has 0 aromatic heterocycles. The summed E-state index contributed by atoms with van der Waals surface area (Å²) < 4.78 is 10.5. The summed E-state index contributed by atoms with van der Waals surface area (Å²) in [6.45, 7) is 7.05. The monoisotopic (exact) mass is 733 g/mol. The third-order valence-corrected chi connectivity index (χ3v) is 8.58. The van der Waals surface area contributed by atoms with E-state index >= 15 is 0 Å². The fraction of sp³-hybridized carbons (Fsp3) is 0.318. The van der Waals surface area contributed by atoms with Crippen molar-refractivity contribution in [2.45, 2.75) is 76.6 Å². The summed E-state index contributed by atoms with van der Waals surface area (Å²) in [7, 11) is 0. The fourth-order valence-corrected chi connectivity index (χ4v) is 6.09. The predicted octanol–water partition coefficient (Wildman–Crippen LogP) is 6.15. The lowest BCUT2D eigenvalue weighted by Gasteiger charge is -2.37. The molecule has 4 rings (SSSR count). The van der Waals surface area contributed by atoms with Crippen LogP contribution in [0.5, 0.6) is 0 Å². The number of carbonyl (C=O) groups is 4. The topological polar surface area (TPSA) is 143 Å². The number of aliphatic hydroxyl groups is 1. The summed E-state index contributed by atoms with van der Waals surface area (Å²) in [5.74, 6) is -1.42. The smallest absolute Gasteiger partial charge is 0.408 e. The average molecular weight is 734 g/mol. The number of ether oxygens (including phenoxy) is 2. The summed E-state index contributed by atoms with van der Waals surface area (Å²) in [4.78, 5) is 53.3. The second-order valence-electron chi connectivity index (χ2n) is 13.9. The first-order chi connectivity index (χ1) is 25.9. The van der Waals surface area contributed by atoms with E-state index in [0.717, 1.165) is 27.8 Å². The molecule has 2 atom stereocenters. The molecule has 10 heteroatoms. The summed E-state index contributed by atoms with van der Waals surface area (Å²) >= 11 is 0. The van der Waals surface area contributed by atoms with Crippen LogP contribution in [-0.4, -0.2) is 59.9 Å². The van der Waals surface area contributed by atoms with Gasteiger partial charge in [-0.1, -0.05) is 121 Å². The maximum Gasteiger partial charge on any atom is 0.408 e. The fourth-order valence-electron chi connectivity index (χ4n) is 6.09. The van der Waals surface area contributed by atoms with Gasteiger partial charge in [0.2, 0.25) is 11.8 Å². The van der Waals surface area contributed by atoms with E-state index in [1.165, 1.54) is 12.2 Å². The highest BCUT2D eigenvalue weighted by Crippen LogP contribution is 2.37. The zero-order valence-electron chi connectivity index (χ0n) is 31.4. The van der Waals surface area contributed by atoms with Crippen molar-refractivity contribution in [3.8, 4) is 0 Å². The van der Waals surface area contributed by atoms with Crippen LogP contribution in [0, 0.1) is 0 Å². The van der Waals surface area contributed by atoms with E-state index in [4.69, 9.17) is 9.47 Å². The molecule has 4 aromatic rings. The summed E-state index contributed by atoms with van der Waals surface area (Å²) in [5.41, 5.74) is 2.46. The van der Waals surface area contributed by atoms with Crippen molar-refractivity contribution in [2.75, 3.05) is 13.2 Å². The van der Waals surface area contributed by atoms with Crippen LogP contribution in [0.25, 0.3) is 0 Å². The quantitative estimate of drug-likeness (QED) is 0.0580. The van der Waals surface area contributed by atoms with Crippen LogP contribution in [0.2, 0.25) is 0 Å². The Morgan fingerprint density at radius 3 is 1.74 bits per heavy atom. The van der Waals surface area contributed by atoms with Crippen LogP contribution in [0.4, 0.5) is 4.79 Å². The number of amides is 3. The van der Waals surface area contributed by atoms with E-state index in [9.17, 15) is 24.3 Å². The largest absolute Gasteiger partial charge is 0.463 e. The Balaban J connectivity index is 1.61. The lowest BCUT2D eigenvalue weighted by Crippen LogP contribution is -2.51. The van der Waals surface area contributed by atoms with Crippen LogP contribution in [0.1, 0.15) is 68.4 Å². The molecule has 10 nitrogen and oxygen atoms in total. The molecule has 0 unspecified atom stereocenters. The Labute approximate surface area is 318 Å². The molecule has 0 spiro atoms. The SMILES string of the molecule is CCOC(=O)/C=C/[C@H](CCC(=O)NC(c1ccccc1)(c1ccccc1)c1ccccc1)NC(=O)[C@H](Cc1ccc(CCO)cc1)NC(=O)OC(C)(C)C. The van der Waals surface area contributed by atoms with E-state index < -0.39 is 41.2 Å².